The van der Waals surface area contributed by atoms with Crippen molar-refractivity contribution in [1.82, 2.24) is 5.32 Å². The summed E-state index contributed by atoms with van der Waals surface area (Å²) in [5.74, 6) is 0.441. The normalized spacial score (nSPS) is 18.2. The quantitative estimate of drug-likeness (QED) is 0.752. The fourth-order valence-corrected chi connectivity index (χ4v) is 2.83. The highest BCUT2D eigenvalue weighted by molar-refractivity contribution is 5.46. The van der Waals surface area contributed by atoms with Crippen molar-refractivity contribution in [2.45, 2.75) is 38.6 Å². The average molecular weight is 276 g/mol. The van der Waals surface area contributed by atoms with Crippen LogP contribution in [0, 0.1) is 5.92 Å². The van der Waals surface area contributed by atoms with Crippen LogP contribution >= 0.6 is 0 Å². The SMILES string of the molecule is CC(CO)CCCNC1CCN(c2ccccc2)CC1. The van der Waals surface area contributed by atoms with Crippen LogP contribution in [0.3, 0.4) is 0 Å². The van der Waals surface area contributed by atoms with E-state index in [0.717, 1.165) is 26.1 Å². The Morgan fingerprint density at radius 2 is 1.95 bits per heavy atom. The van der Waals surface area contributed by atoms with Crippen molar-refractivity contribution in [3.8, 4) is 0 Å². The Morgan fingerprint density at radius 1 is 1.25 bits per heavy atom. The number of aliphatic hydroxyl groups excluding tert-OH is 1. The van der Waals surface area contributed by atoms with Crippen molar-refractivity contribution < 1.29 is 5.11 Å². The molecular formula is C17H28N2O. The number of rotatable bonds is 7. The second-order valence-corrected chi connectivity index (χ2v) is 5.98. The summed E-state index contributed by atoms with van der Waals surface area (Å²) in [6.45, 7) is 5.80. The van der Waals surface area contributed by atoms with Crippen LogP contribution in [0.1, 0.15) is 32.6 Å². The van der Waals surface area contributed by atoms with Crippen LogP contribution in [0.15, 0.2) is 30.3 Å². The molecule has 1 atom stereocenters. The summed E-state index contributed by atoms with van der Waals surface area (Å²) in [6.07, 6.45) is 4.74. The van der Waals surface area contributed by atoms with Gasteiger partial charge < -0.3 is 15.3 Å². The third kappa shape index (κ3) is 4.80. The van der Waals surface area contributed by atoms with Gasteiger partial charge >= 0.3 is 0 Å². The zero-order chi connectivity index (χ0) is 14.2. The number of hydrogen-bond donors (Lipinski definition) is 2. The van der Waals surface area contributed by atoms with E-state index in [1.54, 1.807) is 0 Å². The molecular weight excluding hydrogens is 248 g/mol. The lowest BCUT2D eigenvalue weighted by Crippen LogP contribution is -2.42. The molecule has 0 bridgehead atoms. The van der Waals surface area contributed by atoms with Crippen LogP contribution in [0.5, 0.6) is 0 Å². The van der Waals surface area contributed by atoms with E-state index >= 15 is 0 Å². The first-order valence-corrected chi connectivity index (χ1v) is 7.94. The van der Waals surface area contributed by atoms with Crippen LogP contribution in [0.2, 0.25) is 0 Å². The fraction of sp³-hybridized carbons (Fsp3) is 0.647. The number of nitrogens with one attached hydrogen (secondary N) is 1. The van der Waals surface area contributed by atoms with E-state index in [0.29, 0.717) is 18.6 Å². The lowest BCUT2D eigenvalue weighted by atomic mass is 10.0. The molecule has 0 radical (unpaired) electrons. The topological polar surface area (TPSA) is 35.5 Å². The number of aliphatic hydroxyl groups is 1. The highest BCUT2D eigenvalue weighted by Crippen LogP contribution is 2.19. The molecule has 3 heteroatoms. The van der Waals surface area contributed by atoms with E-state index in [1.807, 2.05) is 0 Å². The second-order valence-electron chi connectivity index (χ2n) is 5.98. The van der Waals surface area contributed by atoms with E-state index in [9.17, 15) is 0 Å². The molecule has 1 aromatic rings. The molecule has 0 saturated carbocycles. The minimum absolute atomic E-state index is 0.315. The van der Waals surface area contributed by atoms with Gasteiger partial charge in [-0.25, -0.2) is 0 Å². The summed E-state index contributed by atoms with van der Waals surface area (Å²) in [6, 6.07) is 11.4. The lowest BCUT2D eigenvalue weighted by Gasteiger charge is -2.34. The largest absolute Gasteiger partial charge is 0.396 e. The summed E-state index contributed by atoms with van der Waals surface area (Å²) < 4.78 is 0. The van der Waals surface area contributed by atoms with Crippen LogP contribution in [0.4, 0.5) is 5.69 Å². The van der Waals surface area contributed by atoms with Gasteiger partial charge in [0.1, 0.15) is 0 Å². The highest BCUT2D eigenvalue weighted by atomic mass is 16.3. The molecule has 20 heavy (non-hydrogen) atoms. The Kier molecular flexibility index (Phi) is 6.34. The van der Waals surface area contributed by atoms with Crippen LogP contribution in [-0.2, 0) is 0 Å². The summed E-state index contributed by atoms with van der Waals surface area (Å²) in [4.78, 5) is 2.48. The smallest absolute Gasteiger partial charge is 0.0456 e. The van der Waals surface area contributed by atoms with Gasteiger partial charge in [-0.2, -0.15) is 0 Å². The van der Waals surface area contributed by atoms with Crippen molar-refractivity contribution in [2.75, 3.05) is 31.1 Å². The molecule has 1 unspecified atom stereocenters. The lowest BCUT2D eigenvalue weighted by molar-refractivity contribution is 0.227. The maximum Gasteiger partial charge on any atom is 0.0456 e. The monoisotopic (exact) mass is 276 g/mol. The van der Waals surface area contributed by atoms with Gasteiger partial charge in [0.15, 0.2) is 0 Å². The Morgan fingerprint density at radius 3 is 2.60 bits per heavy atom. The zero-order valence-electron chi connectivity index (χ0n) is 12.6. The summed E-state index contributed by atoms with van der Waals surface area (Å²) >= 11 is 0. The zero-order valence-corrected chi connectivity index (χ0v) is 12.6. The van der Waals surface area contributed by atoms with E-state index in [1.165, 1.54) is 24.9 Å². The molecule has 0 amide bonds. The van der Waals surface area contributed by atoms with Crippen LogP contribution in [0.25, 0.3) is 0 Å². The van der Waals surface area contributed by atoms with Gasteiger partial charge in [0.2, 0.25) is 0 Å². The molecule has 0 aliphatic carbocycles. The van der Waals surface area contributed by atoms with E-state index in [2.05, 4.69) is 47.5 Å². The third-order valence-corrected chi connectivity index (χ3v) is 4.23. The average Bonchev–Trinajstić information content (AvgIpc) is 2.52. The highest BCUT2D eigenvalue weighted by Gasteiger charge is 2.18. The summed E-state index contributed by atoms with van der Waals surface area (Å²) in [5.41, 5.74) is 1.35. The van der Waals surface area contributed by atoms with Crippen LogP contribution in [-0.4, -0.2) is 37.4 Å². The molecule has 2 N–H and O–H groups in total. The van der Waals surface area contributed by atoms with Crippen molar-refractivity contribution in [2.24, 2.45) is 5.92 Å². The molecule has 112 valence electrons. The molecule has 1 fully saturated rings. The molecule has 1 aliphatic rings. The number of piperidine rings is 1. The number of nitrogens with zero attached hydrogens (tertiary/aromatic N) is 1. The predicted molar refractivity (Wildman–Crippen MR) is 85.2 cm³/mol. The second kappa shape index (κ2) is 8.28. The van der Waals surface area contributed by atoms with Gasteiger partial charge in [-0.1, -0.05) is 25.1 Å². The number of anilines is 1. The maximum absolute atomic E-state index is 8.99. The van der Waals surface area contributed by atoms with Gasteiger partial charge in [0, 0.05) is 31.4 Å². The van der Waals surface area contributed by atoms with Gasteiger partial charge in [0.05, 0.1) is 0 Å². The number of hydrogen-bond acceptors (Lipinski definition) is 3. The molecule has 0 aromatic heterocycles. The van der Waals surface area contributed by atoms with Gasteiger partial charge in [-0.15, -0.1) is 0 Å². The van der Waals surface area contributed by atoms with E-state index in [-0.39, 0.29) is 0 Å². The first kappa shape index (κ1) is 15.3. The standard InChI is InChI=1S/C17H28N2O/c1-15(14-20)6-5-11-18-16-9-12-19(13-10-16)17-7-3-2-4-8-17/h2-4,7-8,15-16,18,20H,5-6,9-14H2,1H3. The molecule has 0 spiro atoms. The minimum atomic E-state index is 0.315. The van der Waals surface area contributed by atoms with Crippen molar-refractivity contribution in [3.05, 3.63) is 30.3 Å². The van der Waals surface area contributed by atoms with Gasteiger partial charge in [-0.3, -0.25) is 0 Å². The molecule has 3 nitrogen and oxygen atoms in total. The summed E-state index contributed by atoms with van der Waals surface area (Å²) in [7, 11) is 0. The molecule has 1 aliphatic heterocycles. The Balaban J connectivity index is 1.62. The minimum Gasteiger partial charge on any atom is -0.396 e. The van der Waals surface area contributed by atoms with Crippen molar-refractivity contribution in [1.29, 1.82) is 0 Å². The van der Waals surface area contributed by atoms with E-state index in [4.69, 9.17) is 5.11 Å². The molecule has 1 aromatic carbocycles. The Labute approximate surface area is 123 Å². The number of para-hydroxylation sites is 1. The number of benzene rings is 1. The molecule has 2 rings (SSSR count). The van der Waals surface area contributed by atoms with E-state index < -0.39 is 0 Å². The molecule has 1 saturated heterocycles. The summed E-state index contributed by atoms with van der Waals surface area (Å²) in [5, 5.41) is 12.7. The molecule has 1 heterocycles. The maximum atomic E-state index is 8.99. The third-order valence-electron chi connectivity index (χ3n) is 4.23. The van der Waals surface area contributed by atoms with Crippen LogP contribution < -0.4 is 10.2 Å². The van der Waals surface area contributed by atoms with Gasteiger partial charge in [-0.05, 0) is 50.3 Å². The van der Waals surface area contributed by atoms with Crippen molar-refractivity contribution in [3.63, 3.8) is 0 Å². The predicted octanol–water partition coefficient (Wildman–Crippen LogP) is 2.65. The first-order valence-electron chi connectivity index (χ1n) is 7.94. The first-order chi connectivity index (χ1) is 9.79. The Bertz CT molecular complexity index is 361. The fourth-order valence-electron chi connectivity index (χ4n) is 2.83. The Hall–Kier alpha value is -1.06. The van der Waals surface area contributed by atoms with Crippen molar-refractivity contribution >= 4 is 5.69 Å². The van der Waals surface area contributed by atoms with Gasteiger partial charge in [0.25, 0.3) is 0 Å².